The third-order valence-corrected chi connectivity index (χ3v) is 1.87. The molecule has 1 N–H and O–H groups in total. The highest BCUT2D eigenvalue weighted by Crippen LogP contribution is 2.14. The molecule has 0 aliphatic rings. The van der Waals surface area contributed by atoms with E-state index < -0.39 is 0 Å². The number of ether oxygens (including phenoxy) is 1. The van der Waals surface area contributed by atoms with Gasteiger partial charge in [-0.1, -0.05) is 0 Å². The molecular formula is C10H17N3O. The Kier molecular flexibility index (Phi) is 4.32. The Morgan fingerprint density at radius 1 is 1.50 bits per heavy atom. The molecule has 0 saturated carbocycles. The van der Waals surface area contributed by atoms with Crippen molar-refractivity contribution in [3.8, 4) is 5.88 Å². The fraction of sp³-hybridized carbons (Fsp3) is 0.600. The zero-order valence-electron chi connectivity index (χ0n) is 9.00. The van der Waals surface area contributed by atoms with Crippen LogP contribution in [-0.4, -0.2) is 30.2 Å². The number of likely N-dealkylation sites (N-methyl/N-ethyl adjacent to an activating group) is 1. The minimum absolute atomic E-state index is 0.642. The van der Waals surface area contributed by atoms with E-state index in [1.165, 1.54) is 0 Å². The first-order valence-electron chi connectivity index (χ1n) is 4.87. The Hall–Kier alpha value is -1.16. The Bertz CT molecular complexity index is 289. The predicted octanol–water partition coefficient (Wildman–Crippen LogP) is 0.946. The summed E-state index contributed by atoms with van der Waals surface area (Å²) in [6, 6.07) is 0. The molecule has 0 aromatic carbocycles. The van der Waals surface area contributed by atoms with E-state index in [4.69, 9.17) is 4.74 Å². The van der Waals surface area contributed by atoms with Crippen LogP contribution in [0.3, 0.4) is 0 Å². The molecule has 0 fully saturated rings. The zero-order valence-corrected chi connectivity index (χ0v) is 9.00. The van der Waals surface area contributed by atoms with Crippen molar-refractivity contribution < 1.29 is 4.74 Å². The molecule has 0 aliphatic heterocycles. The van der Waals surface area contributed by atoms with Crippen LogP contribution in [0, 0.1) is 6.92 Å². The van der Waals surface area contributed by atoms with Gasteiger partial charge < -0.3 is 10.1 Å². The maximum atomic E-state index is 5.44. The lowest BCUT2D eigenvalue weighted by atomic mass is 10.2. The van der Waals surface area contributed by atoms with Gasteiger partial charge in [0.05, 0.1) is 6.61 Å². The minimum atomic E-state index is 0.642. The van der Waals surface area contributed by atoms with E-state index in [2.05, 4.69) is 15.3 Å². The molecule has 0 unspecified atom stereocenters. The summed E-state index contributed by atoms with van der Waals surface area (Å²) in [7, 11) is 1.93. The first kappa shape index (κ1) is 10.9. The summed E-state index contributed by atoms with van der Waals surface area (Å²) in [5, 5.41) is 3.09. The highest BCUT2D eigenvalue weighted by atomic mass is 16.5. The molecule has 1 aromatic rings. The molecular weight excluding hydrogens is 178 g/mol. The highest BCUT2D eigenvalue weighted by molar-refractivity contribution is 5.23. The van der Waals surface area contributed by atoms with E-state index in [0.717, 1.165) is 30.2 Å². The second kappa shape index (κ2) is 5.54. The standard InChI is InChI=1S/C10H17N3O/c1-4-14-10-9(5-6-11-3)7-12-8(2)13-10/h7,11H,4-6H2,1-3H3. The van der Waals surface area contributed by atoms with E-state index in [1.54, 1.807) is 0 Å². The molecule has 1 rings (SSSR count). The molecule has 0 atom stereocenters. The van der Waals surface area contributed by atoms with Gasteiger partial charge in [-0.2, -0.15) is 4.98 Å². The maximum absolute atomic E-state index is 5.44. The fourth-order valence-corrected chi connectivity index (χ4v) is 1.17. The van der Waals surface area contributed by atoms with E-state index >= 15 is 0 Å². The lowest BCUT2D eigenvalue weighted by Crippen LogP contribution is -2.12. The van der Waals surface area contributed by atoms with Crippen molar-refractivity contribution in [1.82, 2.24) is 15.3 Å². The molecule has 0 spiro atoms. The first-order valence-corrected chi connectivity index (χ1v) is 4.87. The number of hydrogen-bond acceptors (Lipinski definition) is 4. The molecule has 1 heterocycles. The van der Waals surface area contributed by atoms with Crippen LogP contribution in [0.1, 0.15) is 18.3 Å². The van der Waals surface area contributed by atoms with Crippen molar-refractivity contribution in [2.75, 3.05) is 20.2 Å². The van der Waals surface area contributed by atoms with Crippen LogP contribution < -0.4 is 10.1 Å². The summed E-state index contributed by atoms with van der Waals surface area (Å²) < 4.78 is 5.44. The number of nitrogens with zero attached hydrogens (tertiary/aromatic N) is 2. The van der Waals surface area contributed by atoms with Gasteiger partial charge in [-0.25, -0.2) is 4.98 Å². The Morgan fingerprint density at radius 3 is 2.93 bits per heavy atom. The Labute approximate surface area is 84.7 Å². The summed E-state index contributed by atoms with van der Waals surface area (Å²) in [6.45, 7) is 5.37. The largest absolute Gasteiger partial charge is 0.478 e. The quantitative estimate of drug-likeness (QED) is 0.759. The predicted molar refractivity (Wildman–Crippen MR) is 55.6 cm³/mol. The SMILES string of the molecule is CCOc1nc(C)ncc1CCNC. The van der Waals surface area contributed by atoms with Crippen LogP contribution in [0.5, 0.6) is 5.88 Å². The van der Waals surface area contributed by atoms with Crippen LogP contribution in [0.4, 0.5) is 0 Å². The van der Waals surface area contributed by atoms with E-state index in [-0.39, 0.29) is 0 Å². The molecule has 78 valence electrons. The molecule has 0 radical (unpaired) electrons. The van der Waals surface area contributed by atoms with Gasteiger partial charge in [-0.05, 0) is 33.9 Å². The lowest BCUT2D eigenvalue weighted by molar-refractivity contribution is 0.321. The summed E-state index contributed by atoms with van der Waals surface area (Å²) in [5.74, 6) is 1.47. The number of rotatable bonds is 5. The normalized spacial score (nSPS) is 10.2. The summed E-state index contributed by atoms with van der Waals surface area (Å²) >= 11 is 0. The molecule has 0 bridgehead atoms. The van der Waals surface area contributed by atoms with Gasteiger partial charge in [0.2, 0.25) is 5.88 Å². The number of aryl methyl sites for hydroxylation is 1. The van der Waals surface area contributed by atoms with Crippen LogP contribution in [0.15, 0.2) is 6.20 Å². The second-order valence-electron chi connectivity index (χ2n) is 3.03. The van der Waals surface area contributed by atoms with Crippen molar-refractivity contribution in [3.63, 3.8) is 0 Å². The van der Waals surface area contributed by atoms with Gasteiger partial charge in [0, 0.05) is 11.8 Å². The van der Waals surface area contributed by atoms with Gasteiger partial charge in [-0.3, -0.25) is 0 Å². The van der Waals surface area contributed by atoms with Crippen molar-refractivity contribution >= 4 is 0 Å². The number of nitrogens with one attached hydrogen (secondary N) is 1. The van der Waals surface area contributed by atoms with Gasteiger partial charge in [0.25, 0.3) is 0 Å². The summed E-state index contributed by atoms with van der Waals surface area (Å²) in [5.41, 5.74) is 1.06. The first-order chi connectivity index (χ1) is 6.77. The van der Waals surface area contributed by atoms with Crippen LogP contribution >= 0.6 is 0 Å². The monoisotopic (exact) mass is 195 g/mol. The van der Waals surface area contributed by atoms with Gasteiger partial charge in [0.1, 0.15) is 5.82 Å². The van der Waals surface area contributed by atoms with E-state index in [1.807, 2.05) is 27.1 Å². The van der Waals surface area contributed by atoms with Crippen LogP contribution in [-0.2, 0) is 6.42 Å². The summed E-state index contributed by atoms with van der Waals surface area (Å²) in [6.07, 6.45) is 2.73. The Morgan fingerprint density at radius 2 is 2.29 bits per heavy atom. The lowest BCUT2D eigenvalue weighted by Gasteiger charge is -2.08. The maximum Gasteiger partial charge on any atom is 0.219 e. The molecule has 0 amide bonds. The van der Waals surface area contributed by atoms with Crippen molar-refractivity contribution in [3.05, 3.63) is 17.6 Å². The molecule has 4 nitrogen and oxygen atoms in total. The van der Waals surface area contributed by atoms with Crippen molar-refractivity contribution in [1.29, 1.82) is 0 Å². The molecule has 0 saturated heterocycles. The smallest absolute Gasteiger partial charge is 0.219 e. The van der Waals surface area contributed by atoms with Gasteiger partial charge in [0.15, 0.2) is 0 Å². The molecule has 14 heavy (non-hydrogen) atoms. The molecule has 4 heteroatoms. The van der Waals surface area contributed by atoms with Crippen molar-refractivity contribution in [2.24, 2.45) is 0 Å². The zero-order chi connectivity index (χ0) is 10.4. The summed E-state index contributed by atoms with van der Waals surface area (Å²) in [4.78, 5) is 8.41. The second-order valence-corrected chi connectivity index (χ2v) is 3.03. The fourth-order valence-electron chi connectivity index (χ4n) is 1.17. The number of aromatic nitrogens is 2. The number of hydrogen-bond donors (Lipinski definition) is 1. The van der Waals surface area contributed by atoms with E-state index in [9.17, 15) is 0 Å². The molecule has 1 aromatic heterocycles. The highest BCUT2D eigenvalue weighted by Gasteiger charge is 2.05. The average Bonchev–Trinajstić information content (AvgIpc) is 2.17. The Balaban J connectivity index is 2.78. The van der Waals surface area contributed by atoms with Gasteiger partial charge >= 0.3 is 0 Å². The third-order valence-electron chi connectivity index (χ3n) is 1.87. The van der Waals surface area contributed by atoms with Gasteiger partial charge in [-0.15, -0.1) is 0 Å². The van der Waals surface area contributed by atoms with E-state index in [0.29, 0.717) is 6.61 Å². The molecule has 0 aliphatic carbocycles. The van der Waals surface area contributed by atoms with Crippen molar-refractivity contribution in [2.45, 2.75) is 20.3 Å². The minimum Gasteiger partial charge on any atom is -0.478 e. The third kappa shape index (κ3) is 2.96. The van der Waals surface area contributed by atoms with Crippen LogP contribution in [0.25, 0.3) is 0 Å². The average molecular weight is 195 g/mol. The topological polar surface area (TPSA) is 47.0 Å². The van der Waals surface area contributed by atoms with Crippen LogP contribution in [0.2, 0.25) is 0 Å².